The Bertz CT molecular complexity index is 4110. The van der Waals surface area contributed by atoms with E-state index in [2.05, 4.69) is 47.0 Å². The molecule has 1 aliphatic rings. The fraction of sp³-hybridized carbons (Fsp3) is 0.0147. The number of aliphatic hydroxyl groups is 1. The van der Waals surface area contributed by atoms with E-state index in [1.807, 2.05) is 212 Å². The third-order valence-corrected chi connectivity index (χ3v) is 14.4. The number of hydrogen-bond donors (Lipinski definition) is 1. The van der Waals surface area contributed by atoms with E-state index in [-0.39, 0.29) is 5.91 Å². The molecule has 368 valence electrons. The van der Waals surface area contributed by atoms with Crippen LogP contribution in [0.5, 0.6) is 0 Å². The van der Waals surface area contributed by atoms with Gasteiger partial charge < -0.3 is 9.67 Å². The maximum atomic E-state index is 15.6. The van der Waals surface area contributed by atoms with Gasteiger partial charge in [-0.1, -0.05) is 206 Å². The third-order valence-electron chi connectivity index (χ3n) is 14.4. The predicted molar refractivity (Wildman–Crippen MR) is 309 cm³/mol. The van der Waals surface area contributed by atoms with Crippen LogP contribution in [0.15, 0.2) is 255 Å². The molecular weight excluding hydrogens is 961 g/mol. The van der Waals surface area contributed by atoms with Crippen LogP contribution in [0.4, 0.5) is 5.69 Å². The topological polar surface area (TPSA) is 123 Å². The largest absolute Gasteiger partial charge is 0.369 e. The van der Waals surface area contributed by atoms with Gasteiger partial charge in [-0.3, -0.25) is 9.69 Å². The zero-order chi connectivity index (χ0) is 52.1. The number of rotatable bonds is 10. The lowest BCUT2D eigenvalue weighted by Crippen LogP contribution is -2.28. The first-order chi connectivity index (χ1) is 38.5. The minimum absolute atomic E-state index is 0.321. The van der Waals surface area contributed by atoms with Gasteiger partial charge in [0.2, 0.25) is 0 Å². The molecule has 0 saturated carbocycles. The van der Waals surface area contributed by atoms with E-state index >= 15 is 4.79 Å². The lowest BCUT2D eigenvalue weighted by Gasteiger charge is -2.26. The van der Waals surface area contributed by atoms with E-state index in [0.29, 0.717) is 57.4 Å². The van der Waals surface area contributed by atoms with Crippen LogP contribution in [0, 0.1) is 0 Å². The monoisotopic (exact) mass is 1000 g/mol. The molecule has 10 nitrogen and oxygen atoms in total. The van der Waals surface area contributed by atoms with Crippen LogP contribution in [-0.2, 0) is 0 Å². The molecule has 10 heteroatoms. The molecule has 4 heterocycles. The number of amides is 1. The maximum absolute atomic E-state index is 15.6. The molecule has 0 spiro atoms. The van der Waals surface area contributed by atoms with Gasteiger partial charge in [0, 0.05) is 55.3 Å². The second kappa shape index (κ2) is 19.3. The number of anilines is 1. The number of hydrogen-bond acceptors (Lipinski definition) is 8. The molecule has 10 aromatic carbocycles. The summed E-state index contributed by atoms with van der Waals surface area (Å²) in [5, 5.41) is 14.3. The molecule has 0 saturated heterocycles. The van der Waals surface area contributed by atoms with Crippen LogP contribution < -0.4 is 4.90 Å². The SMILES string of the molecule is O=C1c2c(cccc2-n2c3ccc(-c4nc(-c5ccccc5)nc(-c5ccccc5)n4)cc3c3cc(-c4nc(-c5ccccc5)nc(-c5ccccc5)n4)ccc32)C(O)N1c1cccc(-c2ccccc2)c1-c1ccccc1. The molecule has 3 aromatic heterocycles. The predicted octanol–water partition coefficient (Wildman–Crippen LogP) is 15.1. The number of aromatic nitrogens is 7. The van der Waals surface area contributed by atoms with Crippen molar-refractivity contribution in [2.45, 2.75) is 6.23 Å². The summed E-state index contributed by atoms with van der Waals surface area (Å²) in [6, 6.07) is 84.0. The van der Waals surface area contributed by atoms with Crippen molar-refractivity contribution in [3.05, 3.63) is 266 Å². The fourth-order valence-corrected chi connectivity index (χ4v) is 10.7. The Hall–Kier alpha value is -10.6. The molecule has 0 radical (unpaired) electrons. The van der Waals surface area contributed by atoms with E-state index in [1.165, 1.54) is 4.90 Å². The van der Waals surface area contributed by atoms with Crippen LogP contribution >= 0.6 is 0 Å². The average Bonchev–Trinajstić information content (AvgIpc) is 4.16. The zero-order valence-electron chi connectivity index (χ0n) is 41.8. The highest BCUT2D eigenvalue weighted by atomic mass is 16.3. The molecule has 1 unspecified atom stereocenters. The van der Waals surface area contributed by atoms with Gasteiger partial charge in [0.25, 0.3) is 5.91 Å². The summed E-state index contributed by atoms with van der Waals surface area (Å²) >= 11 is 0. The van der Waals surface area contributed by atoms with E-state index < -0.39 is 6.23 Å². The second-order valence-electron chi connectivity index (χ2n) is 19.1. The van der Waals surface area contributed by atoms with Crippen molar-refractivity contribution in [2.24, 2.45) is 0 Å². The highest BCUT2D eigenvalue weighted by Gasteiger charge is 2.41. The number of carbonyl (C=O) groups excluding carboxylic acids is 1. The summed E-state index contributed by atoms with van der Waals surface area (Å²) in [5.41, 5.74) is 12.5. The van der Waals surface area contributed by atoms with Gasteiger partial charge in [0.15, 0.2) is 41.2 Å². The van der Waals surface area contributed by atoms with Crippen LogP contribution in [0.2, 0.25) is 0 Å². The van der Waals surface area contributed by atoms with Gasteiger partial charge >= 0.3 is 0 Å². The molecule has 1 amide bonds. The highest BCUT2D eigenvalue weighted by Crippen LogP contribution is 2.47. The van der Waals surface area contributed by atoms with Crippen molar-refractivity contribution in [2.75, 3.05) is 4.90 Å². The molecule has 1 atom stereocenters. The average molecular weight is 1010 g/mol. The second-order valence-corrected chi connectivity index (χ2v) is 19.1. The highest BCUT2D eigenvalue weighted by molar-refractivity contribution is 6.17. The van der Waals surface area contributed by atoms with Crippen LogP contribution in [0.3, 0.4) is 0 Å². The van der Waals surface area contributed by atoms with Crippen LogP contribution in [-0.4, -0.2) is 45.5 Å². The summed E-state index contributed by atoms with van der Waals surface area (Å²) in [6.45, 7) is 0. The van der Waals surface area contributed by atoms with E-state index in [4.69, 9.17) is 29.9 Å². The zero-order valence-corrected chi connectivity index (χ0v) is 41.8. The van der Waals surface area contributed by atoms with Crippen molar-refractivity contribution < 1.29 is 9.90 Å². The van der Waals surface area contributed by atoms with Gasteiger partial charge in [0.05, 0.1) is 28.0 Å². The van der Waals surface area contributed by atoms with Crippen molar-refractivity contribution in [3.8, 4) is 96.3 Å². The first-order valence-corrected chi connectivity index (χ1v) is 25.7. The molecule has 0 fully saturated rings. The van der Waals surface area contributed by atoms with Gasteiger partial charge in [-0.2, -0.15) is 0 Å². The van der Waals surface area contributed by atoms with Gasteiger partial charge in [-0.15, -0.1) is 0 Å². The molecular formula is C68H44N8O2. The lowest BCUT2D eigenvalue weighted by atomic mass is 9.92. The van der Waals surface area contributed by atoms with Crippen molar-refractivity contribution in [3.63, 3.8) is 0 Å². The first kappa shape index (κ1) is 46.0. The van der Waals surface area contributed by atoms with E-state index in [0.717, 1.165) is 77.4 Å². The minimum atomic E-state index is -1.28. The number of carbonyl (C=O) groups is 1. The summed E-state index contributed by atoms with van der Waals surface area (Å²) < 4.78 is 2.13. The summed E-state index contributed by atoms with van der Waals surface area (Å²) in [6.07, 6.45) is -1.28. The molecule has 0 aliphatic carbocycles. The summed E-state index contributed by atoms with van der Waals surface area (Å²) in [4.78, 5) is 47.6. The molecule has 78 heavy (non-hydrogen) atoms. The Morgan fingerprint density at radius 3 is 1.10 bits per heavy atom. The Kier molecular flexibility index (Phi) is 11.4. The molecule has 0 bridgehead atoms. The number of aliphatic hydroxyl groups excluding tert-OH is 1. The van der Waals surface area contributed by atoms with Gasteiger partial charge in [0.1, 0.15) is 0 Å². The number of benzene rings is 10. The standard InChI is InChI=1S/C68H44N8O2/c77-67-52-34-20-36-58(60(52)68(78)76(67)57-35-19-33-51(43-21-7-1-8-22-43)59(57)44-23-9-2-10-24-44)75-55-39-37-49(65-71-61(45-25-11-3-12-26-45)69-62(72-65)46-27-13-4-14-28-46)41-53(55)54-42-50(38-40-56(54)75)66-73-63(47-29-15-5-16-30-47)70-64(74-66)48-31-17-6-18-32-48/h1-42,67,77H. The normalized spacial score (nSPS) is 13.1. The smallest absolute Gasteiger partial charge is 0.263 e. The molecule has 1 N–H and O–H groups in total. The van der Waals surface area contributed by atoms with E-state index in [1.54, 1.807) is 0 Å². The molecule has 1 aliphatic heterocycles. The maximum Gasteiger partial charge on any atom is 0.263 e. The quantitative estimate of drug-likeness (QED) is 0.144. The third kappa shape index (κ3) is 8.08. The van der Waals surface area contributed by atoms with Crippen LogP contribution in [0.1, 0.15) is 22.1 Å². The molecule has 14 rings (SSSR count). The van der Waals surface area contributed by atoms with Crippen LogP contribution in [0.25, 0.3) is 118 Å². The Balaban J connectivity index is 0.983. The van der Waals surface area contributed by atoms with Crippen molar-refractivity contribution in [1.29, 1.82) is 0 Å². The Labute approximate surface area is 449 Å². The van der Waals surface area contributed by atoms with E-state index in [9.17, 15) is 5.11 Å². The first-order valence-electron chi connectivity index (χ1n) is 25.7. The summed E-state index contributed by atoms with van der Waals surface area (Å²) in [7, 11) is 0. The number of nitrogens with zero attached hydrogens (tertiary/aromatic N) is 8. The minimum Gasteiger partial charge on any atom is -0.369 e. The van der Waals surface area contributed by atoms with Gasteiger partial charge in [-0.05, 0) is 65.2 Å². The van der Waals surface area contributed by atoms with Crippen molar-refractivity contribution in [1.82, 2.24) is 34.5 Å². The van der Waals surface area contributed by atoms with Gasteiger partial charge in [-0.25, -0.2) is 29.9 Å². The van der Waals surface area contributed by atoms with Crippen molar-refractivity contribution >= 4 is 33.4 Å². The lowest BCUT2D eigenvalue weighted by molar-refractivity contribution is 0.0935. The summed E-state index contributed by atoms with van der Waals surface area (Å²) in [5.74, 6) is 2.88. The number of fused-ring (bicyclic) bond motifs is 4. The Morgan fingerprint density at radius 2 is 0.679 bits per heavy atom. The molecule has 13 aromatic rings. The fourth-order valence-electron chi connectivity index (χ4n) is 10.7. The Morgan fingerprint density at radius 1 is 0.321 bits per heavy atom.